The maximum absolute atomic E-state index is 12.5. The number of carbonyl (C=O) groups is 2. The molecule has 0 radical (unpaired) electrons. The van der Waals surface area contributed by atoms with Crippen molar-refractivity contribution in [2.24, 2.45) is 0 Å². The Kier molecular flexibility index (Phi) is 6.99. The molecule has 0 saturated heterocycles. The molecule has 10 heteroatoms. The highest BCUT2D eigenvalue weighted by Crippen LogP contribution is 2.28. The van der Waals surface area contributed by atoms with Gasteiger partial charge in [0, 0.05) is 16.3 Å². The molecular formula is C21H19ClN2O5S2. The average molecular weight is 479 g/mol. The van der Waals surface area contributed by atoms with Gasteiger partial charge in [-0.2, -0.15) is 0 Å². The van der Waals surface area contributed by atoms with Gasteiger partial charge < -0.3 is 10.1 Å². The minimum absolute atomic E-state index is 0.0733. The number of rotatable bonds is 7. The summed E-state index contributed by atoms with van der Waals surface area (Å²) in [5.74, 6) is -0.813. The van der Waals surface area contributed by atoms with Gasteiger partial charge in [0.05, 0.1) is 16.5 Å². The summed E-state index contributed by atoms with van der Waals surface area (Å²) in [4.78, 5) is 24.9. The topological polar surface area (TPSA) is 102 Å². The maximum atomic E-state index is 12.5. The van der Waals surface area contributed by atoms with Crippen LogP contribution in [0.4, 0.5) is 10.7 Å². The lowest BCUT2D eigenvalue weighted by Crippen LogP contribution is -2.14. The van der Waals surface area contributed by atoms with Crippen LogP contribution in [-0.2, 0) is 14.8 Å². The number of hydrogen-bond acceptors (Lipinski definition) is 6. The van der Waals surface area contributed by atoms with Crippen molar-refractivity contribution in [3.8, 4) is 0 Å². The van der Waals surface area contributed by atoms with Gasteiger partial charge in [0.2, 0.25) is 0 Å². The monoisotopic (exact) mass is 478 g/mol. The lowest BCUT2D eigenvalue weighted by atomic mass is 10.2. The van der Waals surface area contributed by atoms with Crippen LogP contribution in [0.15, 0.2) is 59.5 Å². The summed E-state index contributed by atoms with van der Waals surface area (Å²) < 4.78 is 32.3. The van der Waals surface area contributed by atoms with E-state index < -0.39 is 16.0 Å². The van der Waals surface area contributed by atoms with Gasteiger partial charge in [-0.05, 0) is 74.0 Å². The first-order valence-electron chi connectivity index (χ1n) is 9.17. The molecule has 7 nitrogen and oxygen atoms in total. The fourth-order valence-electron chi connectivity index (χ4n) is 2.64. The molecule has 0 spiro atoms. The van der Waals surface area contributed by atoms with Gasteiger partial charge in [-0.15, -0.1) is 11.3 Å². The van der Waals surface area contributed by atoms with E-state index in [1.54, 1.807) is 19.9 Å². The highest BCUT2D eigenvalue weighted by Gasteiger charge is 2.17. The van der Waals surface area contributed by atoms with Gasteiger partial charge in [-0.1, -0.05) is 11.6 Å². The molecule has 0 bridgehead atoms. The van der Waals surface area contributed by atoms with Crippen molar-refractivity contribution in [1.82, 2.24) is 0 Å². The number of hydrogen-bond donors (Lipinski definition) is 2. The number of thiophene rings is 1. The summed E-state index contributed by atoms with van der Waals surface area (Å²) in [7, 11) is -3.78. The molecule has 0 fully saturated rings. The third-order valence-electron chi connectivity index (χ3n) is 4.14. The van der Waals surface area contributed by atoms with Gasteiger partial charge >= 0.3 is 5.97 Å². The van der Waals surface area contributed by atoms with E-state index in [2.05, 4.69) is 10.0 Å². The van der Waals surface area contributed by atoms with Crippen LogP contribution in [0.1, 0.15) is 32.5 Å². The molecule has 0 aliphatic carbocycles. The van der Waals surface area contributed by atoms with Crippen LogP contribution in [0, 0.1) is 6.92 Å². The van der Waals surface area contributed by atoms with Gasteiger partial charge in [-0.3, -0.25) is 9.52 Å². The third kappa shape index (κ3) is 5.63. The Labute approximate surface area is 189 Å². The van der Waals surface area contributed by atoms with E-state index >= 15 is 0 Å². The van der Waals surface area contributed by atoms with Crippen molar-refractivity contribution in [1.29, 1.82) is 0 Å². The first-order chi connectivity index (χ1) is 14.7. The highest BCUT2D eigenvalue weighted by molar-refractivity contribution is 7.92. The smallest absolute Gasteiger partial charge is 0.348 e. The largest absolute Gasteiger partial charge is 0.462 e. The van der Waals surface area contributed by atoms with Crippen LogP contribution in [0.25, 0.3) is 0 Å². The number of esters is 1. The van der Waals surface area contributed by atoms with Crippen molar-refractivity contribution >= 4 is 55.5 Å². The fraction of sp³-hybridized carbons (Fsp3) is 0.143. The number of nitrogens with one attached hydrogen (secondary N) is 2. The van der Waals surface area contributed by atoms with Gasteiger partial charge in [0.25, 0.3) is 15.9 Å². The summed E-state index contributed by atoms with van der Waals surface area (Å²) in [6, 6.07) is 13.5. The minimum Gasteiger partial charge on any atom is -0.462 e. The van der Waals surface area contributed by atoms with Crippen molar-refractivity contribution in [3.63, 3.8) is 0 Å². The van der Waals surface area contributed by atoms with E-state index in [-0.39, 0.29) is 17.4 Å². The zero-order chi connectivity index (χ0) is 22.6. The number of anilines is 2. The standard InChI is InChI=1S/C21H19ClN2O5S2/c1-3-29-21(26)19-13(2)12-18(30-19)23-20(25)14-4-8-16(9-5-14)24-31(27,28)17-10-6-15(22)7-11-17/h4-12,24H,3H2,1-2H3,(H,23,25). The van der Waals surface area contributed by atoms with Crippen molar-refractivity contribution in [2.75, 3.05) is 16.6 Å². The number of aryl methyl sites for hydroxylation is 1. The predicted octanol–water partition coefficient (Wildman–Crippen LogP) is 4.94. The molecule has 1 aromatic heterocycles. The molecule has 0 atom stereocenters. The van der Waals surface area contributed by atoms with Crippen LogP contribution < -0.4 is 10.0 Å². The molecule has 2 aromatic carbocycles. The van der Waals surface area contributed by atoms with E-state index in [1.165, 1.54) is 48.5 Å². The van der Waals surface area contributed by atoms with Crippen molar-refractivity contribution < 1.29 is 22.7 Å². The molecule has 0 saturated carbocycles. The molecule has 0 unspecified atom stereocenters. The second-order valence-corrected chi connectivity index (χ2v) is 9.61. The summed E-state index contributed by atoms with van der Waals surface area (Å²) in [6.07, 6.45) is 0. The average Bonchev–Trinajstić information content (AvgIpc) is 3.09. The summed E-state index contributed by atoms with van der Waals surface area (Å²) in [5.41, 5.74) is 1.35. The van der Waals surface area contributed by atoms with E-state index in [0.29, 0.717) is 31.7 Å². The summed E-state index contributed by atoms with van der Waals surface area (Å²) >= 11 is 6.92. The predicted molar refractivity (Wildman–Crippen MR) is 122 cm³/mol. The molecule has 3 rings (SSSR count). The lowest BCUT2D eigenvalue weighted by molar-refractivity contribution is 0.0531. The molecule has 162 valence electrons. The van der Waals surface area contributed by atoms with Crippen molar-refractivity contribution in [2.45, 2.75) is 18.7 Å². The summed E-state index contributed by atoms with van der Waals surface area (Å²) in [5, 5.41) is 3.68. The molecular weight excluding hydrogens is 460 g/mol. The first-order valence-corrected chi connectivity index (χ1v) is 11.8. The van der Waals surface area contributed by atoms with Gasteiger partial charge in [0.1, 0.15) is 4.88 Å². The Morgan fingerprint density at radius 1 is 1.06 bits per heavy atom. The maximum Gasteiger partial charge on any atom is 0.348 e. The van der Waals surface area contributed by atoms with Crippen LogP contribution in [0.2, 0.25) is 5.02 Å². The number of ether oxygens (including phenoxy) is 1. The quantitative estimate of drug-likeness (QED) is 0.468. The summed E-state index contributed by atoms with van der Waals surface area (Å²) in [6.45, 7) is 3.76. The van der Waals surface area contributed by atoms with Crippen LogP contribution >= 0.6 is 22.9 Å². The van der Waals surface area contributed by atoms with Gasteiger partial charge in [0.15, 0.2) is 0 Å². The molecule has 2 N–H and O–H groups in total. The van der Waals surface area contributed by atoms with Crippen LogP contribution in [0.5, 0.6) is 0 Å². The fourth-order valence-corrected chi connectivity index (χ4v) is 4.79. The highest BCUT2D eigenvalue weighted by atomic mass is 35.5. The molecule has 0 aliphatic rings. The zero-order valence-electron chi connectivity index (χ0n) is 16.6. The molecule has 1 amide bonds. The Bertz CT molecular complexity index is 1200. The van der Waals surface area contributed by atoms with E-state index in [9.17, 15) is 18.0 Å². The number of amides is 1. The van der Waals surface area contributed by atoms with Crippen LogP contribution in [0.3, 0.4) is 0 Å². The molecule has 31 heavy (non-hydrogen) atoms. The number of benzene rings is 2. The zero-order valence-corrected chi connectivity index (χ0v) is 19.0. The van der Waals surface area contributed by atoms with E-state index in [1.807, 2.05) is 0 Å². The molecule has 3 aromatic rings. The Balaban J connectivity index is 1.68. The van der Waals surface area contributed by atoms with Gasteiger partial charge in [-0.25, -0.2) is 13.2 Å². The third-order valence-corrected chi connectivity index (χ3v) is 6.92. The normalized spacial score (nSPS) is 11.1. The molecule has 1 heterocycles. The SMILES string of the molecule is CCOC(=O)c1sc(NC(=O)c2ccc(NS(=O)(=O)c3ccc(Cl)cc3)cc2)cc1C. The van der Waals surface area contributed by atoms with E-state index in [4.69, 9.17) is 16.3 Å². The molecule has 0 aliphatic heterocycles. The number of sulfonamides is 1. The second kappa shape index (κ2) is 9.51. The second-order valence-electron chi connectivity index (χ2n) is 6.43. The Hall–Kier alpha value is -2.88. The van der Waals surface area contributed by atoms with Crippen LogP contribution in [-0.4, -0.2) is 26.9 Å². The number of halogens is 1. The van der Waals surface area contributed by atoms with Crippen molar-refractivity contribution in [3.05, 3.63) is 75.6 Å². The number of carbonyl (C=O) groups excluding carboxylic acids is 2. The lowest BCUT2D eigenvalue weighted by Gasteiger charge is -2.09. The Morgan fingerprint density at radius 3 is 2.32 bits per heavy atom. The Morgan fingerprint density at radius 2 is 1.71 bits per heavy atom. The minimum atomic E-state index is -3.78. The van der Waals surface area contributed by atoms with E-state index in [0.717, 1.165) is 11.3 Å². The first kappa shape index (κ1) is 22.8.